The van der Waals surface area contributed by atoms with Crippen LogP contribution in [0.3, 0.4) is 0 Å². The predicted octanol–water partition coefficient (Wildman–Crippen LogP) is 5.15. The molecule has 0 radical (unpaired) electrons. The molecule has 1 aliphatic rings. The molecule has 0 atom stereocenters. The Morgan fingerprint density at radius 1 is 0.917 bits per heavy atom. The minimum atomic E-state index is -0.588. The van der Waals surface area contributed by atoms with Crippen LogP contribution in [-0.4, -0.2) is 36.1 Å². The molecular weight excluding hydrogens is 456 g/mol. The number of ether oxygens (including phenoxy) is 2. The van der Waals surface area contributed by atoms with Gasteiger partial charge < -0.3 is 14.0 Å². The number of carbonyl (C=O) groups is 3. The van der Waals surface area contributed by atoms with Gasteiger partial charge in [-0.05, 0) is 81.8 Å². The summed E-state index contributed by atoms with van der Waals surface area (Å²) in [5.41, 5.74) is 5.62. The molecule has 2 aromatic carbocycles. The molecule has 36 heavy (non-hydrogen) atoms. The smallest absolute Gasteiger partial charge is 0.340 e. The summed E-state index contributed by atoms with van der Waals surface area (Å²) >= 11 is 0. The first kappa shape index (κ1) is 24.7. The molecule has 7 heteroatoms. The first-order chi connectivity index (χ1) is 17.3. The van der Waals surface area contributed by atoms with E-state index < -0.39 is 11.9 Å². The van der Waals surface area contributed by atoms with E-state index in [0.717, 1.165) is 22.6 Å². The topological polar surface area (TPSA) is 77.8 Å². The second-order valence-electron chi connectivity index (χ2n) is 8.42. The third kappa shape index (κ3) is 4.35. The lowest BCUT2D eigenvalue weighted by Crippen LogP contribution is -2.24. The lowest BCUT2D eigenvalue weighted by Gasteiger charge is -2.18. The number of amides is 1. The van der Waals surface area contributed by atoms with Gasteiger partial charge in [-0.1, -0.05) is 18.2 Å². The van der Waals surface area contributed by atoms with E-state index in [0.29, 0.717) is 16.9 Å². The van der Waals surface area contributed by atoms with E-state index in [2.05, 4.69) is 4.57 Å². The zero-order valence-electron chi connectivity index (χ0n) is 21.0. The highest BCUT2D eigenvalue weighted by Crippen LogP contribution is 2.36. The highest BCUT2D eigenvalue weighted by molar-refractivity contribution is 6.24. The average molecular weight is 485 g/mol. The Hall–Kier alpha value is -4.39. The maximum Gasteiger partial charge on any atom is 0.340 e. The summed E-state index contributed by atoms with van der Waals surface area (Å²) in [5, 5.41) is 0. The van der Waals surface area contributed by atoms with Gasteiger partial charge in [0.2, 0.25) is 0 Å². The molecule has 1 aliphatic heterocycles. The van der Waals surface area contributed by atoms with E-state index in [1.807, 2.05) is 50.2 Å². The van der Waals surface area contributed by atoms with E-state index in [1.54, 1.807) is 44.2 Å². The molecule has 2 heterocycles. The summed E-state index contributed by atoms with van der Waals surface area (Å²) in [6, 6.07) is 18.4. The van der Waals surface area contributed by atoms with Gasteiger partial charge >= 0.3 is 11.9 Å². The number of methoxy groups -OCH3 is 1. The van der Waals surface area contributed by atoms with Crippen molar-refractivity contribution in [3.05, 3.63) is 100 Å². The Labute approximate surface area is 210 Å². The van der Waals surface area contributed by atoms with Gasteiger partial charge in [0.05, 0.1) is 30.4 Å². The average Bonchev–Trinajstić information content (AvgIpc) is 3.30. The molecule has 0 aliphatic carbocycles. The quantitative estimate of drug-likeness (QED) is 0.357. The summed E-state index contributed by atoms with van der Waals surface area (Å²) in [7, 11) is 1.29. The van der Waals surface area contributed by atoms with Gasteiger partial charge in [0, 0.05) is 28.5 Å². The monoisotopic (exact) mass is 484 g/mol. The van der Waals surface area contributed by atoms with E-state index in [4.69, 9.17) is 9.47 Å². The molecule has 184 valence electrons. The summed E-state index contributed by atoms with van der Waals surface area (Å²) in [4.78, 5) is 39.9. The third-order valence-electron chi connectivity index (χ3n) is 6.21. The molecule has 0 bridgehead atoms. The van der Waals surface area contributed by atoms with E-state index in [9.17, 15) is 14.4 Å². The lowest BCUT2D eigenvalue weighted by molar-refractivity contribution is -0.136. The number of esters is 2. The minimum Gasteiger partial charge on any atom is -0.465 e. The normalized spacial score (nSPS) is 14.5. The number of carbonyl (C=O) groups excluding carboxylic acids is 3. The first-order valence-electron chi connectivity index (χ1n) is 11.7. The van der Waals surface area contributed by atoms with Crippen molar-refractivity contribution < 1.29 is 23.9 Å². The van der Waals surface area contributed by atoms with E-state index in [1.165, 1.54) is 12.0 Å². The molecule has 7 nitrogen and oxygen atoms in total. The lowest BCUT2D eigenvalue weighted by atomic mass is 10.0. The van der Waals surface area contributed by atoms with Crippen molar-refractivity contribution in [1.82, 2.24) is 4.57 Å². The summed E-state index contributed by atoms with van der Waals surface area (Å²) in [6.45, 7) is 7.69. The van der Waals surface area contributed by atoms with Gasteiger partial charge in [0.1, 0.15) is 0 Å². The minimum absolute atomic E-state index is 0.210. The largest absolute Gasteiger partial charge is 0.465 e. The molecule has 1 amide bonds. The van der Waals surface area contributed by atoms with E-state index >= 15 is 0 Å². The van der Waals surface area contributed by atoms with Crippen LogP contribution in [0.2, 0.25) is 0 Å². The number of aryl methyl sites for hydroxylation is 1. The number of aromatic nitrogens is 1. The number of hydrogen-bond acceptors (Lipinski definition) is 5. The van der Waals surface area contributed by atoms with Gasteiger partial charge in [-0.3, -0.25) is 9.69 Å². The van der Waals surface area contributed by atoms with Crippen molar-refractivity contribution in [3.8, 4) is 5.69 Å². The molecule has 4 rings (SSSR count). The van der Waals surface area contributed by atoms with Crippen LogP contribution in [0.4, 0.5) is 5.69 Å². The van der Waals surface area contributed by atoms with Gasteiger partial charge in [-0.2, -0.15) is 0 Å². The second-order valence-corrected chi connectivity index (χ2v) is 8.42. The van der Waals surface area contributed by atoms with Crippen LogP contribution in [-0.2, 0) is 19.1 Å². The second kappa shape index (κ2) is 10.1. The molecule has 0 saturated carbocycles. The van der Waals surface area contributed by atoms with Crippen LogP contribution in [0.15, 0.2) is 77.5 Å². The summed E-state index contributed by atoms with van der Waals surface area (Å²) < 4.78 is 12.2. The van der Waals surface area contributed by atoms with Gasteiger partial charge in [0.15, 0.2) is 0 Å². The van der Waals surface area contributed by atoms with Gasteiger partial charge in [-0.25, -0.2) is 9.59 Å². The molecule has 0 saturated heterocycles. The maximum atomic E-state index is 13.7. The van der Waals surface area contributed by atoms with Gasteiger partial charge in [-0.15, -0.1) is 0 Å². The Morgan fingerprint density at radius 3 is 2.19 bits per heavy atom. The van der Waals surface area contributed by atoms with Crippen LogP contribution in [0.5, 0.6) is 0 Å². The number of rotatable bonds is 6. The molecule has 1 aromatic heterocycles. The Balaban J connectivity index is 1.78. The maximum absolute atomic E-state index is 13.7. The van der Waals surface area contributed by atoms with Crippen molar-refractivity contribution in [2.45, 2.75) is 27.7 Å². The molecule has 0 fully saturated rings. The number of para-hydroxylation sites is 1. The summed E-state index contributed by atoms with van der Waals surface area (Å²) in [6.07, 6.45) is 1.74. The highest BCUT2D eigenvalue weighted by atomic mass is 16.5. The fourth-order valence-corrected chi connectivity index (χ4v) is 4.52. The van der Waals surface area contributed by atoms with Crippen LogP contribution in [0.1, 0.15) is 41.2 Å². The highest BCUT2D eigenvalue weighted by Gasteiger charge is 2.38. The fraction of sp³-hybridized carbons (Fsp3) is 0.207. The Bertz CT molecular complexity index is 1400. The molecule has 3 aromatic rings. The number of nitrogens with zero attached hydrogens (tertiary/aromatic N) is 2. The van der Waals surface area contributed by atoms with Crippen molar-refractivity contribution in [1.29, 1.82) is 0 Å². The number of allylic oxidation sites excluding steroid dienone is 1. The van der Waals surface area contributed by atoms with Crippen molar-refractivity contribution in [2.24, 2.45) is 0 Å². The van der Waals surface area contributed by atoms with Crippen LogP contribution < -0.4 is 4.90 Å². The summed E-state index contributed by atoms with van der Waals surface area (Å²) in [5.74, 6) is -1.37. The standard InChI is InChI=1S/C29H28N2O5/c1-6-36-28(33)21-12-14-24(15-13-21)31-20(4)26(29(34)35-5)25(27(31)32)17-22-16-18(2)30(19(22)3)23-10-8-7-9-11-23/h7-17H,6H2,1-5H3/b25-17-. The molecule has 0 spiro atoms. The van der Waals surface area contributed by atoms with Crippen molar-refractivity contribution in [2.75, 3.05) is 18.6 Å². The molecule has 0 unspecified atom stereocenters. The van der Waals surface area contributed by atoms with Crippen LogP contribution >= 0.6 is 0 Å². The van der Waals surface area contributed by atoms with Crippen LogP contribution in [0.25, 0.3) is 11.8 Å². The Morgan fingerprint density at radius 2 is 1.58 bits per heavy atom. The number of anilines is 1. The first-order valence-corrected chi connectivity index (χ1v) is 11.7. The molecular formula is C29H28N2O5. The molecule has 0 N–H and O–H groups in total. The predicted molar refractivity (Wildman–Crippen MR) is 138 cm³/mol. The number of hydrogen-bond donors (Lipinski definition) is 0. The van der Waals surface area contributed by atoms with Crippen molar-refractivity contribution >= 4 is 29.6 Å². The fourth-order valence-electron chi connectivity index (χ4n) is 4.52. The third-order valence-corrected chi connectivity index (χ3v) is 6.21. The van der Waals surface area contributed by atoms with Crippen molar-refractivity contribution in [3.63, 3.8) is 0 Å². The van der Waals surface area contributed by atoms with Gasteiger partial charge in [0.25, 0.3) is 5.91 Å². The zero-order chi connectivity index (χ0) is 26.0. The zero-order valence-corrected chi connectivity index (χ0v) is 21.0. The van der Waals surface area contributed by atoms with Crippen LogP contribution in [0, 0.1) is 13.8 Å². The SMILES string of the molecule is CCOC(=O)c1ccc(N2C(=O)/C(=C\c3cc(C)n(-c4ccccc4)c3C)C(C(=O)OC)=C2C)cc1. The Kier molecular flexibility index (Phi) is 6.92. The van der Waals surface area contributed by atoms with E-state index in [-0.39, 0.29) is 23.7 Å². The number of benzene rings is 2.